The third-order valence-electron chi connectivity index (χ3n) is 7.61. The topological polar surface area (TPSA) is 107 Å². The van der Waals surface area contributed by atoms with Crippen LogP contribution >= 0.6 is 0 Å². The van der Waals surface area contributed by atoms with Crippen LogP contribution in [0.5, 0.6) is 11.5 Å². The number of aromatic nitrogens is 5. The molecule has 2 aliphatic heterocycles. The first-order valence-electron chi connectivity index (χ1n) is 12.8. The first kappa shape index (κ1) is 22.5. The molecule has 2 aromatic heterocycles. The van der Waals surface area contributed by atoms with Crippen LogP contribution in [0.15, 0.2) is 23.0 Å². The molecule has 2 fully saturated rings. The summed E-state index contributed by atoms with van der Waals surface area (Å²) in [4.78, 5) is 18.7. The molecule has 10 nitrogen and oxygen atoms in total. The third kappa shape index (κ3) is 4.40. The highest BCUT2D eigenvalue weighted by Crippen LogP contribution is 2.36. The molecule has 1 aliphatic carbocycles. The van der Waals surface area contributed by atoms with Gasteiger partial charge in [0.15, 0.2) is 17.3 Å². The molecule has 4 heterocycles. The second-order valence-corrected chi connectivity index (χ2v) is 9.81. The van der Waals surface area contributed by atoms with Crippen molar-refractivity contribution in [2.75, 3.05) is 13.4 Å². The molecule has 2 atom stereocenters. The SMILES string of the molecule is CCC(c1nnnn1CC1CCCO1)N(Cc1cc2cc3c(cc2[nH]c1=O)OCO3)C1CCCC1. The Hall–Kier alpha value is -2.98. The Labute approximate surface area is 203 Å². The van der Waals surface area contributed by atoms with E-state index in [1.165, 1.54) is 12.8 Å². The van der Waals surface area contributed by atoms with Crippen LogP contribution in [0.2, 0.25) is 0 Å². The van der Waals surface area contributed by atoms with E-state index >= 15 is 0 Å². The number of benzene rings is 1. The standard InChI is InChI=1S/C25H32N6O4/c1-2-21(24-27-28-29-31(24)14-19-8-5-9-33-19)30(18-6-3-4-7-18)13-17-10-16-11-22-23(35-15-34-22)12-20(16)26-25(17)32/h10-12,18-19,21H,2-9,13-15H2,1H3,(H,26,32). The van der Waals surface area contributed by atoms with Gasteiger partial charge in [0.2, 0.25) is 6.79 Å². The van der Waals surface area contributed by atoms with Crippen molar-refractivity contribution in [1.82, 2.24) is 30.1 Å². The van der Waals surface area contributed by atoms with Crippen LogP contribution in [-0.2, 0) is 17.8 Å². The molecular formula is C25H32N6O4. The fraction of sp³-hybridized carbons (Fsp3) is 0.600. The Bertz CT molecular complexity index is 1240. The minimum absolute atomic E-state index is 0.0151. The number of nitrogens with one attached hydrogen (secondary N) is 1. The predicted molar refractivity (Wildman–Crippen MR) is 128 cm³/mol. The molecule has 35 heavy (non-hydrogen) atoms. The Morgan fingerprint density at radius 2 is 1.97 bits per heavy atom. The monoisotopic (exact) mass is 480 g/mol. The smallest absolute Gasteiger partial charge is 0.252 e. The zero-order valence-corrected chi connectivity index (χ0v) is 20.1. The van der Waals surface area contributed by atoms with E-state index in [9.17, 15) is 4.79 Å². The van der Waals surface area contributed by atoms with E-state index in [2.05, 4.69) is 32.3 Å². The molecule has 0 bridgehead atoms. The molecule has 2 unspecified atom stereocenters. The molecule has 0 radical (unpaired) electrons. The van der Waals surface area contributed by atoms with Crippen molar-refractivity contribution in [3.63, 3.8) is 0 Å². The number of tetrazole rings is 1. The van der Waals surface area contributed by atoms with Gasteiger partial charge in [0.25, 0.3) is 5.56 Å². The van der Waals surface area contributed by atoms with E-state index in [0.717, 1.165) is 61.0 Å². The molecule has 10 heteroatoms. The molecule has 1 N–H and O–H groups in total. The molecule has 3 aromatic rings. The van der Waals surface area contributed by atoms with Crippen molar-refractivity contribution in [3.05, 3.63) is 39.9 Å². The summed E-state index contributed by atoms with van der Waals surface area (Å²) < 4.78 is 18.8. The maximum absolute atomic E-state index is 13.2. The highest BCUT2D eigenvalue weighted by atomic mass is 16.7. The second-order valence-electron chi connectivity index (χ2n) is 9.81. The summed E-state index contributed by atoms with van der Waals surface area (Å²) in [5, 5.41) is 13.7. The molecule has 1 saturated carbocycles. The van der Waals surface area contributed by atoms with Gasteiger partial charge in [-0.05, 0) is 54.7 Å². The van der Waals surface area contributed by atoms with Crippen LogP contribution in [0, 0.1) is 0 Å². The van der Waals surface area contributed by atoms with Crippen molar-refractivity contribution in [2.24, 2.45) is 0 Å². The predicted octanol–water partition coefficient (Wildman–Crippen LogP) is 3.32. The van der Waals surface area contributed by atoms with E-state index in [4.69, 9.17) is 14.2 Å². The van der Waals surface area contributed by atoms with Gasteiger partial charge >= 0.3 is 0 Å². The summed E-state index contributed by atoms with van der Waals surface area (Å²) >= 11 is 0. The van der Waals surface area contributed by atoms with Crippen molar-refractivity contribution in [2.45, 2.75) is 83.1 Å². The number of rotatable bonds is 8. The zero-order chi connectivity index (χ0) is 23.8. The van der Waals surface area contributed by atoms with Crippen LogP contribution in [0.3, 0.4) is 0 Å². The highest BCUT2D eigenvalue weighted by molar-refractivity contribution is 5.83. The normalized spacial score (nSPS) is 20.9. The van der Waals surface area contributed by atoms with E-state index in [1.807, 2.05) is 22.9 Å². The lowest BCUT2D eigenvalue weighted by Crippen LogP contribution is -2.39. The van der Waals surface area contributed by atoms with Gasteiger partial charge in [-0.3, -0.25) is 9.69 Å². The summed E-state index contributed by atoms with van der Waals surface area (Å²) in [6, 6.07) is 6.17. The molecule has 0 amide bonds. The van der Waals surface area contributed by atoms with Crippen LogP contribution < -0.4 is 15.0 Å². The molecule has 3 aliphatic rings. The zero-order valence-electron chi connectivity index (χ0n) is 20.1. The van der Waals surface area contributed by atoms with Gasteiger partial charge in [0.05, 0.1) is 24.2 Å². The second kappa shape index (κ2) is 9.58. The lowest BCUT2D eigenvalue weighted by atomic mass is 10.0. The van der Waals surface area contributed by atoms with Gasteiger partial charge in [-0.2, -0.15) is 0 Å². The highest BCUT2D eigenvalue weighted by Gasteiger charge is 2.33. The number of nitrogens with zero attached hydrogens (tertiary/aromatic N) is 5. The van der Waals surface area contributed by atoms with Crippen LogP contribution in [0.1, 0.15) is 69.3 Å². The Morgan fingerprint density at radius 1 is 1.14 bits per heavy atom. The van der Waals surface area contributed by atoms with Crippen molar-refractivity contribution < 1.29 is 14.2 Å². The van der Waals surface area contributed by atoms with Gasteiger partial charge in [-0.25, -0.2) is 4.68 Å². The van der Waals surface area contributed by atoms with E-state index in [0.29, 0.717) is 30.6 Å². The average molecular weight is 481 g/mol. The van der Waals surface area contributed by atoms with Gasteiger partial charge < -0.3 is 19.2 Å². The number of hydrogen-bond donors (Lipinski definition) is 1. The fourth-order valence-corrected chi connectivity index (χ4v) is 5.81. The summed E-state index contributed by atoms with van der Waals surface area (Å²) in [5.74, 6) is 2.23. The van der Waals surface area contributed by atoms with Crippen molar-refractivity contribution in [1.29, 1.82) is 0 Å². The summed E-state index contributed by atoms with van der Waals surface area (Å²) in [6.07, 6.45) is 7.78. The first-order valence-corrected chi connectivity index (χ1v) is 12.8. The number of fused-ring (bicyclic) bond motifs is 2. The lowest BCUT2D eigenvalue weighted by molar-refractivity contribution is 0.0839. The van der Waals surface area contributed by atoms with Gasteiger partial charge in [0.1, 0.15) is 0 Å². The van der Waals surface area contributed by atoms with Crippen molar-refractivity contribution in [3.8, 4) is 11.5 Å². The molecule has 0 spiro atoms. The third-order valence-corrected chi connectivity index (χ3v) is 7.61. The molecular weight excluding hydrogens is 448 g/mol. The average Bonchev–Trinajstić information content (AvgIpc) is 3.66. The molecule has 1 aromatic carbocycles. The maximum Gasteiger partial charge on any atom is 0.252 e. The van der Waals surface area contributed by atoms with Crippen molar-refractivity contribution >= 4 is 10.9 Å². The van der Waals surface area contributed by atoms with E-state index in [-0.39, 0.29) is 24.5 Å². The summed E-state index contributed by atoms with van der Waals surface area (Å²) in [6.45, 7) is 4.38. The molecule has 186 valence electrons. The van der Waals surface area contributed by atoms with Gasteiger partial charge in [0, 0.05) is 36.2 Å². The Kier molecular flexibility index (Phi) is 6.15. The maximum atomic E-state index is 13.2. The first-order chi connectivity index (χ1) is 17.2. The summed E-state index contributed by atoms with van der Waals surface area (Å²) in [7, 11) is 0. The largest absolute Gasteiger partial charge is 0.454 e. The minimum atomic E-state index is -0.0758. The Balaban J connectivity index is 1.33. The number of H-pyrrole nitrogens is 1. The van der Waals surface area contributed by atoms with Gasteiger partial charge in [-0.1, -0.05) is 19.8 Å². The minimum Gasteiger partial charge on any atom is -0.454 e. The summed E-state index contributed by atoms with van der Waals surface area (Å²) in [5.41, 5.74) is 1.41. The number of pyridine rings is 1. The van der Waals surface area contributed by atoms with Crippen LogP contribution in [-0.4, -0.2) is 55.6 Å². The Morgan fingerprint density at radius 3 is 2.74 bits per heavy atom. The molecule has 6 rings (SSSR count). The molecule has 1 saturated heterocycles. The number of aromatic amines is 1. The van der Waals surface area contributed by atoms with Crippen LogP contribution in [0.25, 0.3) is 10.9 Å². The van der Waals surface area contributed by atoms with E-state index < -0.39 is 0 Å². The number of ether oxygens (including phenoxy) is 3. The van der Waals surface area contributed by atoms with Gasteiger partial charge in [-0.15, -0.1) is 5.10 Å². The number of hydrogen-bond acceptors (Lipinski definition) is 8. The quantitative estimate of drug-likeness (QED) is 0.523. The van der Waals surface area contributed by atoms with E-state index in [1.54, 1.807) is 0 Å². The fourth-order valence-electron chi connectivity index (χ4n) is 5.81. The lowest BCUT2D eigenvalue weighted by Gasteiger charge is -2.35. The van der Waals surface area contributed by atoms with Crippen LogP contribution in [0.4, 0.5) is 0 Å².